The van der Waals surface area contributed by atoms with Gasteiger partial charge in [-0.25, -0.2) is 13.2 Å². The van der Waals surface area contributed by atoms with Crippen LogP contribution in [0.5, 0.6) is 0 Å². The summed E-state index contributed by atoms with van der Waals surface area (Å²) in [5.74, 6) is -0.198. The molecule has 0 bridgehead atoms. The van der Waals surface area contributed by atoms with Crippen LogP contribution in [0.2, 0.25) is 0 Å². The number of urea groups is 1. The molecule has 0 atom stereocenters. The molecule has 2 aromatic rings. The van der Waals surface area contributed by atoms with Crippen LogP contribution in [0.15, 0.2) is 59.5 Å². The monoisotopic (exact) mass is 460 g/mol. The Kier molecular flexibility index (Phi) is 9.67. The van der Waals surface area contributed by atoms with Gasteiger partial charge in [-0.3, -0.25) is 4.79 Å². The number of rotatable bonds is 11. The van der Waals surface area contributed by atoms with Crippen molar-refractivity contribution in [1.29, 1.82) is 0 Å². The van der Waals surface area contributed by atoms with E-state index in [0.717, 1.165) is 11.1 Å². The number of sulfonamides is 1. The third-order valence-corrected chi connectivity index (χ3v) is 7.06. The molecule has 0 aliphatic heterocycles. The molecule has 0 spiro atoms. The van der Waals surface area contributed by atoms with E-state index in [1.807, 2.05) is 30.3 Å². The Bertz CT molecular complexity index is 975. The minimum atomic E-state index is -3.49. The van der Waals surface area contributed by atoms with Crippen LogP contribution in [0, 0.1) is 0 Å². The first-order valence-corrected chi connectivity index (χ1v) is 12.1. The molecule has 9 heteroatoms. The molecule has 0 radical (unpaired) electrons. The summed E-state index contributed by atoms with van der Waals surface area (Å²) in [4.78, 5) is 26.0. The van der Waals surface area contributed by atoms with Gasteiger partial charge in [0.1, 0.15) is 0 Å². The van der Waals surface area contributed by atoms with Gasteiger partial charge in [-0.05, 0) is 23.3 Å². The zero-order chi connectivity index (χ0) is 23.6. The van der Waals surface area contributed by atoms with E-state index in [4.69, 9.17) is 0 Å². The highest BCUT2D eigenvalue weighted by Crippen LogP contribution is 2.16. The smallest absolute Gasteiger partial charge is 0.317 e. The van der Waals surface area contributed by atoms with Gasteiger partial charge in [0.2, 0.25) is 15.9 Å². The van der Waals surface area contributed by atoms with Crippen molar-refractivity contribution in [2.45, 2.75) is 38.3 Å². The second kappa shape index (κ2) is 12.2. The van der Waals surface area contributed by atoms with Crippen LogP contribution in [-0.2, 0) is 27.9 Å². The summed E-state index contributed by atoms with van der Waals surface area (Å²) in [5.41, 5.74) is 1.82. The largest absolute Gasteiger partial charge is 0.352 e. The maximum Gasteiger partial charge on any atom is 0.317 e. The predicted octanol–water partition coefficient (Wildman–Crippen LogP) is 2.57. The molecule has 32 heavy (non-hydrogen) atoms. The van der Waals surface area contributed by atoms with Gasteiger partial charge in [0.05, 0.1) is 4.90 Å². The lowest BCUT2D eigenvalue weighted by Gasteiger charge is -2.18. The van der Waals surface area contributed by atoms with Crippen molar-refractivity contribution in [3.05, 3.63) is 65.7 Å². The Labute approximate surface area is 190 Å². The third kappa shape index (κ3) is 7.35. The van der Waals surface area contributed by atoms with Gasteiger partial charge in [0.25, 0.3) is 0 Å². The minimum absolute atomic E-state index is 0.152. The van der Waals surface area contributed by atoms with E-state index < -0.39 is 10.0 Å². The summed E-state index contributed by atoms with van der Waals surface area (Å²) in [7, 11) is -1.79. The Balaban J connectivity index is 1.74. The second-order valence-corrected chi connectivity index (χ2v) is 9.27. The minimum Gasteiger partial charge on any atom is -0.352 e. The molecule has 2 rings (SSSR count). The molecule has 0 aromatic heterocycles. The highest BCUT2D eigenvalue weighted by molar-refractivity contribution is 7.89. The fraction of sp³-hybridized carbons (Fsp3) is 0.391. The molecule has 0 fully saturated rings. The fourth-order valence-corrected chi connectivity index (χ4v) is 4.59. The van der Waals surface area contributed by atoms with Gasteiger partial charge < -0.3 is 15.5 Å². The molecular formula is C23H32N4O4S. The first-order valence-electron chi connectivity index (χ1n) is 10.7. The topological polar surface area (TPSA) is 98.8 Å². The van der Waals surface area contributed by atoms with Gasteiger partial charge in [0, 0.05) is 46.2 Å². The van der Waals surface area contributed by atoms with E-state index in [-0.39, 0.29) is 36.3 Å². The van der Waals surface area contributed by atoms with Crippen LogP contribution in [0.25, 0.3) is 0 Å². The van der Waals surface area contributed by atoms with E-state index in [9.17, 15) is 18.0 Å². The predicted molar refractivity (Wildman–Crippen MR) is 124 cm³/mol. The third-order valence-electron chi connectivity index (χ3n) is 4.99. The first-order chi connectivity index (χ1) is 15.3. The van der Waals surface area contributed by atoms with E-state index in [0.29, 0.717) is 19.6 Å². The maximum absolute atomic E-state index is 12.5. The summed E-state index contributed by atoms with van der Waals surface area (Å²) in [5, 5.41) is 5.51. The molecule has 0 heterocycles. The van der Waals surface area contributed by atoms with Crippen LogP contribution < -0.4 is 10.6 Å². The number of benzene rings is 2. The van der Waals surface area contributed by atoms with Crippen molar-refractivity contribution >= 4 is 22.0 Å². The summed E-state index contributed by atoms with van der Waals surface area (Å²) < 4.78 is 26.4. The molecule has 174 valence electrons. The number of carbonyl (C=O) groups excluding carboxylic acids is 2. The van der Waals surface area contributed by atoms with Gasteiger partial charge in [0.15, 0.2) is 0 Å². The Morgan fingerprint density at radius 2 is 1.50 bits per heavy atom. The number of carbonyl (C=O) groups is 2. The average Bonchev–Trinajstić information content (AvgIpc) is 2.79. The zero-order valence-corrected chi connectivity index (χ0v) is 19.7. The van der Waals surface area contributed by atoms with E-state index in [1.54, 1.807) is 50.1 Å². The summed E-state index contributed by atoms with van der Waals surface area (Å²) in [6.45, 7) is 5.42. The normalized spacial score (nSPS) is 11.2. The molecule has 2 N–H and O–H groups in total. The van der Waals surface area contributed by atoms with Crippen LogP contribution in [0.3, 0.4) is 0 Å². The number of hydrogen-bond donors (Lipinski definition) is 2. The average molecular weight is 461 g/mol. The maximum atomic E-state index is 12.5. The van der Waals surface area contributed by atoms with Crippen molar-refractivity contribution in [3.8, 4) is 0 Å². The lowest BCUT2D eigenvalue weighted by Crippen LogP contribution is -2.38. The summed E-state index contributed by atoms with van der Waals surface area (Å²) in [6.07, 6.45) is 0.152. The van der Waals surface area contributed by atoms with Crippen LogP contribution in [0.4, 0.5) is 4.79 Å². The Morgan fingerprint density at radius 1 is 0.875 bits per heavy atom. The van der Waals surface area contributed by atoms with Crippen molar-refractivity contribution in [3.63, 3.8) is 0 Å². The van der Waals surface area contributed by atoms with Crippen molar-refractivity contribution in [1.82, 2.24) is 19.8 Å². The van der Waals surface area contributed by atoms with Crippen LogP contribution in [0.1, 0.15) is 31.4 Å². The van der Waals surface area contributed by atoms with Crippen molar-refractivity contribution < 1.29 is 18.0 Å². The number of nitrogens with one attached hydrogen (secondary N) is 2. The molecule has 0 unspecified atom stereocenters. The van der Waals surface area contributed by atoms with Gasteiger partial charge in [-0.15, -0.1) is 0 Å². The Hall–Kier alpha value is -2.91. The highest BCUT2D eigenvalue weighted by Gasteiger charge is 2.21. The van der Waals surface area contributed by atoms with Crippen LogP contribution in [-0.4, -0.2) is 56.2 Å². The standard InChI is InChI=1S/C23H32N4O4S/c1-4-27(5-2)32(30,31)21-13-11-19(12-14-21)17-25-22(28)15-16-24-23(29)26(3)18-20-9-7-6-8-10-20/h6-14H,4-5,15-18H2,1-3H3,(H,24,29)(H,25,28). The van der Waals surface area contributed by atoms with Gasteiger partial charge >= 0.3 is 6.03 Å². The molecule has 0 aliphatic rings. The summed E-state index contributed by atoms with van der Waals surface area (Å²) in [6, 6.07) is 15.9. The number of amides is 3. The van der Waals surface area contributed by atoms with Crippen molar-refractivity contribution in [2.24, 2.45) is 0 Å². The lowest BCUT2D eigenvalue weighted by molar-refractivity contribution is -0.121. The van der Waals surface area contributed by atoms with Crippen molar-refractivity contribution in [2.75, 3.05) is 26.7 Å². The molecule has 0 saturated heterocycles. The zero-order valence-electron chi connectivity index (χ0n) is 18.9. The Morgan fingerprint density at radius 3 is 2.09 bits per heavy atom. The van der Waals surface area contributed by atoms with Crippen LogP contribution >= 0.6 is 0 Å². The van der Waals surface area contributed by atoms with E-state index >= 15 is 0 Å². The quantitative estimate of drug-likeness (QED) is 0.538. The first kappa shape index (κ1) is 25.4. The highest BCUT2D eigenvalue weighted by atomic mass is 32.2. The molecule has 2 aromatic carbocycles. The molecule has 0 saturated carbocycles. The molecule has 0 aliphatic carbocycles. The molecular weight excluding hydrogens is 428 g/mol. The van der Waals surface area contributed by atoms with E-state index in [2.05, 4.69) is 10.6 Å². The fourth-order valence-electron chi connectivity index (χ4n) is 3.13. The SMILES string of the molecule is CCN(CC)S(=O)(=O)c1ccc(CNC(=O)CCNC(=O)N(C)Cc2ccccc2)cc1. The molecule has 8 nitrogen and oxygen atoms in total. The number of hydrogen-bond acceptors (Lipinski definition) is 4. The van der Waals surface area contributed by atoms with E-state index in [1.165, 1.54) is 4.31 Å². The lowest BCUT2D eigenvalue weighted by atomic mass is 10.2. The van der Waals surface area contributed by atoms with Gasteiger partial charge in [-0.2, -0.15) is 4.31 Å². The number of nitrogens with zero attached hydrogens (tertiary/aromatic N) is 2. The second-order valence-electron chi connectivity index (χ2n) is 7.33. The summed E-state index contributed by atoms with van der Waals surface area (Å²) >= 11 is 0. The van der Waals surface area contributed by atoms with Gasteiger partial charge in [-0.1, -0.05) is 56.3 Å². The molecule has 3 amide bonds.